The maximum atomic E-state index is 11.2. The summed E-state index contributed by atoms with van der Waals surface area (Å²) in [6.07, 6.45) is 5.66. The van der Waals surface area contributed by atoms with Gasteiger partial charge in [-0.15, -0.1) is 17.8 Å². The number of carboxylic acids is 1. The third-order valence-electron chi connectivity index (χ3n) is 1.88. The number of aryl methyl sites for hydroxylation is 1. The molecular weight excluding hydrogens is 226 g/mol. The quantitative estimate of drug-likeness (QED) is 0.787. The molecule has 0 spiro atoms. The van der Waals surface area contributed by atoms with Crippen LogP contribution < -0.4 is 5.32 Å². The Balaban J connectivity index is 2.94. The number of hydrogen-bond acceptors (Lipinski definition) is 3. The van der Waals surface area contributed by atoms with Gasteiger partial charge in [-0.05, 0) is 12.5 Å². The molecule has 0 aliphatic rings. The lowest BCUT2D eigenvalue weighted by molar-refractivity contribution is -0.115. The van der Waals surface area contributed by atoms with Gasteiger partial charge in [-0.3, -0.25) is 4.79 Å². The fourth-order valence-electron chi connectivity index (χ4n) is 1.13. The Kier molecular flexibility index (Phi) is 4.09. The van der Waals surface area contributed by atoms with Gasteiger partial charge < -0.3 is 10.4 Å². The molecule has 0 saturated carbocycles. The normalized spacial score (nSPS) is 9.50. The fraction of sp³-hybridized carbons (Fsp3) is 0.273. The minimum absolute atomic E-state index is 0.0571. The Bertz CT molecular complexity index is 456. The van der Waals surface area contributed by atoms with Gasteiger partial charge in [-0.2, -0.15) is 0 Å². The van der Waals surface area contributed by atoms with Crippen LogP contribution in [-0.2, 0) is 11.2 Å². The molecule has 1 rings (SSSR count). The predicted octanol–water partition coefficient (Wildman–Crippen LogP) is 1.97. The highest BCUT2D eigenvalue weighted by molar-refractivity contribution is 7.16. The molecule has 1 aromatic heterocycles. The van der Waals surface area contributed by atoms with Gasteiger partial charge in [0.1, 0.15) is 5.00 Å². The van der Waals surface area contributed by atoms with Crippen LogP contribution >= 0.6 is 11.3 Å². The van der Waals surface area contributed by atoms with Crippen molar-refractivity contribution in [2.75, 3.05) is 5.32 Å². The summed E-state index contributed by atoms with van der Waals surface area (Å²) in [7, 11) is 0. The molecule has 0 aliphatic carbocycles. The Morgan fingerprint density at radius 2 is 2.31 bits per heavy atom. The fourth-order valence-corrected chi connectivity index (χ4v) is 2.14. The molecule has 0 aromatic carbocycles. The number of carbonyl (C=O) groups is 2. The van der Waals surface area contributed by atoms with E-state index in [1.54, 1.807) is 6.07 Å². The molecule has 0 unspecified atom stereocenters. The summed E-state index contributed by atoms with van der Waals surface area (Å²) < 4.78 is 0. The van der Waals surface area contributed by atoms with Gasteiger partial charge in [0, 0.05) is 4.88 Å². The minimum Gasteiger partial charge on any atom is -0.478 e. The molecule has 16 heavy (non-hydrogen) atoms. The molecule has 5 heteroatoms. The molecule has 0 bridgehead atoms. The Hall–Kier alpha value is -1.80. The first kappa shape index (κ1) is 12.3. The van der Waals surface area contributed by atoms with E-state index >= 15 is 0 Å². The number of thiophene rings is 1. The van der Waals surface area contributed by atoms with Crippen LogP contribution in [0.15, 0.2) is 6.07 Å². The van der Waals surface area contributed by atoms with E-state index in [-0.39, 0.29) is 17.9 Å². The highest BCUT2D eigenvalue weighted by Gasteiger charge is 2.16. The van der Waals surface area contributed by atoms with Crippen molar-refractivity contribution in [3.63, 3.8) is 0 Å². The first-order valence-corrected chi connectivity index (χ1v) is 5.49. The number of nitrogens with one attached hydrogen (secondary N) is 1. The van der Waals surface area contributed by atoms with Gasteiger partial charge in [0.2, 0.25) is 5.91 Å². The zero-order valence-corrected chi connectivity index (χ0v) is 9.56. The van der Waals surface area contributed by atoms with Gasteiger partial charge in [0.15, 0.2) is 0 Å². The molecule has 2 N–H and O–H groups in total. The van der Waals surface area contributed by atoms with E-state index in [4.69, 9.17) is 11.5 Å². The minimum atomic E-state index is -1.05. The third kappa shape index (κ3) is 2.84. The monoisotopic (exact) mass is 237 g/mol. The van der Waals surface area contributed by atoms with E-state index in [0.717, 1.165) is 11.3 Å². The third-order valence-corrected chi connectivity index (χ3v) is 3.07. The van der Waals surface area contributed by atoms with Crippen LogP contribution in [0.1, 0.15) is 28.6 Å². The van der Waals surface area contributed by atoms with Gasteiger partial charge in [0.05, 0.1) is 12.0 Å². The number of rotatable bonds is 4. The first-order valence-electron chi connectivity index (χ1n) is 4.67. The van der Waals surface area contributed by atoms with E-state index in [0.29, 0.717) is 5.00 Å². The van der Waals surface area contributed by atoms with Crippen LogP contribution in [0.4, 0.5) is 5.00 Å². The molecule has 84 valence electrons. The lowest BCUT2D eigenvalue weighted by atomic mass is 10.2. The maximum Gasteiger partial charge on any atom is 0.338 e. The van der Waals surface area contributed by atoms with E-state index < -0.39 is 5.97 Å². The summed E-state index contributed by atoms with van der Waals surface area (Å²) in [5, 5.41) is 11.8. The highest BCUT2D eigenvalue weighted by atomic mass is 32.1. The van der Waals surface area contributed by atoms with Gasteiger partial charge >= 0.3 is 5.97 Å². The number of hydrogen-bond donors (Lipinski definition) is 2. The molecule has 1 aromatic rings. The molecule has 0 radical (unpaired) electrons. The van der Waals surface area contributed by atoms with Gasteiger partial charge in [0.25, 0.3) is 0 Å². The summed E-state index contributed by atoms with van der Waals surface area (Å²) in [6.45, 7) is 1.92. The van der Waals surface area contributed by atoms with Crippen molar-refractivity contribution >= 4 is 28.2 Å². The summed E-state index contributed by atoms with van der Waals surface area (Å²) in [4.78, 5) is 23.1. The van der Waals surface area contributed by atoms with Crippen molar-refractivity contribution in [1.29, 1.82) is 0 Å². The largest absolute Gasteiger partial charge is 0.478 e. The van der Waals surface area contributed by atoms with Gasteiger partial charge in [-0.25, -0.2) is 4.79 Å². The lowest BCUT2D eigenvalue weighted by Crippen LogP contribution is -2.11. The Labute approximate surface area is 97.3 Å². The van der Waals surface area contributed by atoms with Gasteiger partial charge in [-0.1, -0.05) is 12.8 Å². The second kappa shape index (κ2) is 5.33. The second-order valence-corrected chi connectivity index (χ2v) is 4.18. The second-order valence-electron chi connectivity index (χ2n) is 3.04. The van der Waals surface area contributed by atoms with Crippen LogP contribution in [0.2, 0.25) is 0 Å². The van der Waals surface area contributed by atoms with Crippen molar-refractivity contribution in [1.82, 2.24) is 0 Å². The molecule has 0 fully saturated rings. The van der Waals surface area contributed by atoms with E-state index in [2.05, 4.69) is 11.2 Å². The number of terminal acetylenes is 1. The van der Waals surface area contributed by atoms with Crippen molar-refractivity contribution in [3.8, 4) is 12.3 Å². The van der Waals surface area contributed by atoms with Crippen LogP contribution in [0.3, 0.4) is 0 Å². The van der Waals surface area contributed by atoms with E-state index in [9.17, 15) is 9.59 Å². The standard InChI is InChI=1S/C11H11NO3S/c1-3-5-9(13)12-10-8(11(14)15)6-7(4-2)16-10/h1,6H,4-5H2,2H3,(H,12,13)(H,14,15). The number of carbonyl (C=O) groups excluding carboxylic acids is 1. The molecular formula is C11H11NO3S. The maximum absolute atomic E-state index is 11.2. The Morgan fingerprint density at radius 3 is 2.81 bits per heavy atom. The summed E-state index contributed by atoms with van der Waals surface area (Å²) >= 11 is 1.26. The summed E-state index contributed by atoms with van der Waals surface area (Å²) in [5.74, 6) is 0.787. The van der Waals surface area contributed by atoms with Crippen LogP contribution in [0.5, 0.6) is 0 Å². The zero-order chi connectivity index (χ0) is 12.1. The molecule has 1 heterocycles. The predicted molar refractivity (Wildman–Crippen MR) is 62.7 cm³/mol. The van der Waals surface area contributed by atoms with Crippen molar-refractivity contribution < 1.29 is 14.7 Å². The number of aromatic carboxylic acids is 1. The first-order chi connectivity index (χ1) is 7.58. The lowest BCUT2D eigenvalue weighted by Gasteiger charge is -2.00. The zero-order valence-electron chi connectivity index (χ0n) is 8.74. The molecule has 0 atom stereocenters. The van der Waals surface area contributed by atoms with Crippen molar-refractivity contribution in [2.24, 2.45) is 0 Å². The van der Waals surface area contributed by atoms with Crippen LogP contribution in [0, 0.1) is 12.3 Å². The number of carboxylic acid groups (broad SMARTS) is 1. The van der Waals surface area contributed by atoms with E-state index in [1.165, 1.54) is 11.3 Å². The SMILES string of the molecule is C#CCC(=O)Nc1sc(CC)cc1C(=O)O. The molecule has 4 nitrogen and oxygen atoms in total. The Morgan fingerprint density at radius 1 is 1.62 bits per heavy atom. The van der Waals surface area contributed by atoms with Crippen LogP contribution in [-0.4, -0.2) is 17.0 Å². The van der Waals surface area contributed by atoms with Crippen LogP contribution in [0.25, 0.3) is 0 Å². The highest BCUT2D eigenvalue weighted by Crippen LogP contribution is 2.28. The smallest absolute Gasteiger partial charge is 0.338 e. The summed E-state index contributed by atoms with van der Waals surface area (Å²) in [6, 6.07) is 1.57. The number of amides is 1. The molecule has 0 saturated heterocycles. The molecule has 0 aliphatic heterocycles. The van der Waals surface area contributed by atoms with E-state index in [1.807, 2.05) is 6.92 Å². The topological polar surface area (TPSA) is 66.4 Å². The van der Waals surface area contributed by atoms with Crippen molar-refractivity contribution in [3.05, 3.63) is 16.5 Å². The average molecular weight is 237 g/mol. The average Bonchev–Trinajstić information content (AvgIpc) is 2.61. The number of anilines is 1. The molecule has 1 amide bonds. The summed E-state index contributed by atoms with van der Waals surface area (Å²) in [5.41, 5.74) is 0.118. The van der Waals surface area contributed by atoms with Crippen molar-refractivity contribution in [2.45, 2.75) is 19.8 Å².